The molecule has 0 spiro atoms. The van der Waals surface area contributed by atoms with Crippen LogP contribution < -0.4 is 0 Å². The predicted octanol–water partition coefficient (Wildman–Crippen LogP) is 3.70. The summed E-state index contributed by atoms with van der Waals surface area (Å²) in [7, 11) is 0. The first kappa shape index (κ1) is 11.6. The fraction of sp³-hybridized carbons (Fsp3) is 0. The Balaban J connectivity index is 2.74. The lowest BCUT2D eigenvalue weighted by Crippen LogP contribution is -1.92. The number of halogens is 1. The van der Waals surface area contributed by atoms with Gasteiger partial charge in [0.05, 0.1) is 11.1 Å². The van der Waals surface area contributed by atoms with Gasteiger partial charge in [-0.1, -0.05) is 36.4 Å². The van der Waals surface area contributed by atoms with Crippen molar-refractivity contribution in [2.24, 2.45) is 0 Å². The van der Waals surface area contributed by atoms with Crippen molar-refractivity contribution in [3.05, 3.63) is 57.2 Å². The Morgan fingerprint density at radius 1 is 0.824 bits per heavy atom. The van der Waals surface area contributed by atoms with E-state index in [-0.39, 0.29) is 0 Å². The molecule has 17 heavy (non-hydrogen) atoms. The van der Waals surface area contributed by atoms with Gasteiger partial charge in [0.1, 0.15) is 12.1 Å². The highest BCUT2D eigenvalue weighted by Crippen LogP contribution is 2.28. The topological polar surface area (TPSA) is 47.6 Å². The summed E-state index contributed by atoms with van der Waals surface area (Å²) in [4.78, 5) is 0. The summed E-state index contributed by atoms with van der Waals surface area (Å²) in [6, 6.07) is 17.6. The zero-order valence-electron chi connectivity index (χ0n) is 8.81. The second-order valence-electron chi connectivity index (χ2n) is 3.43. The Morgan fingerprint density at radius 2 is 1.47 bits per heavy atom. The van der Waals surface area contributed by atoms with Gasteiger partial charge in [0.25, 0.3) is 0 Å². The van der Waals surface area contributed by atoms with Gasteiger partial charge in [0.2, 0.25) is 0 Å². The monoisotopic (exact) mass is 330 g/mol. The van der Waals surface area contributed by atoms with Crippen LogP contribution in [0.15, 0.2) is 42.5 Å². The zero-order chi connectivity index (χ0) is 12.3. The number of nitriles is 2. The molecule has 0 N–H and O–H groups in total. The highest BCUT2D eigenvalue weighted by molar-refractivity contribution is 14.1. The molecule has 0 aliphatic carbocycles. The van der Waals surface area contributed by atoms with Crippen molar-refractivity contribution in [1.29, 1.82) is 10.5 Å². The van der Waals surface area contributed by atoms with Gasteiger partial charge in [-0.3, -0.25) is 0 Å². The van der Waals surface area contributed by atoms with E-state index in [0.717, 1.165) is 14.7 Å². The normalized spacial score (nSPS) is 9.35. The van der Waals surface area contributed by atoms with Crippen molar-refractivity contribution in [2.45, 2.75) is 0 Å². The highest BCUT2D eigenvalue weighted by atomic mass is 127. The van der Waals surface area contributed by atoms with Crippen LogP contribution in [-0.2, 0) is 0 Å². The third-order valence-corrected chi connectivity index (χ3v) is 3.36. The van der Waals surface area contributed by atoms with Gasteiger partial charge in [-0.05, 0) is 34.2 Å². The summed E-state index contributed by atoms with van der Waals surface area (Å²) >= 11 is 2.07. The van der Waals surface area contributed by atoms with E-state index in [4.69, 9.17) is 5.26 Å². The standard InChI is InChI=1S/C14H7IN2/c15-14-7-6-11(10-4-2-1-3-5-10)12(8-16)13(14)9-17/h1-7H. The maximum atomic E-state index is 9.21. The molecule has 0 radical (unpaired) electrons. The number of hydrogen-bond donors (Lipinski definition) is 0. The average molecular weight is 330 g/mol. The maximum absolute atomic E-state index is 9.21. The summed E-state index contributed by atoms with van der Waals surface area (Å²) in [5, 5.41) is 18.3. The number of nitrogens with zero attached hydrogens (tertiary/aromatic N) is 2. The molecule has 2 nitrogen and oxygen atoms in total. The number of hydrogen-bond acceptors (Lipinski definition) is 2. The van der Waals surface area contributed by atoms with Crippen molar-refractivity contribution in [3.8, 4) is 23.3 Å². The van der Waals surface area contributed by atoms with E-state index in [0.29, 0.717) is 11.1 Å². The van der Waals surface area contributed by atoms with Crippen LogP contribution in [0.4, 0.5) is 0 Å². The SMILES string of the molecule is N#Cc1c(I)ccc(-c2ccccc2)c1C#N. The predicted molar refractivity (Wildman–Crippen MR) is 74.0 cm³/mol. The highest BCUT2D eigenvalue weighted by Gasteiger charge is 2.12. The Labute approximate surface area is 113 Å². The van der Waals surface area contributed by atoms with Crippen LogP contribution in [-0.4, -0.2) is 0 Å². The summed E-state index contributed by atoms with van der Waals surface area (Å²) < 4.78 is 0.807. The van der Waals surface area contributed by atoms with E-state index in [1.807, 2.05) is 42.5 Å². The van der Waals surface area contributed by atoms with E-state index in [1.165, 1.54) is 0 Å². The van der Waals surface area contributed by atoms with Crippen LogP contribution in [0.2, 0.25) is 0 Å². The van der Waals surface area contributed by atoms with Gasteiger partial charge in [-0.25, -0.2) is 0 Å². The van der Waals surface area contributed by atoms with Crippen molar-refractivity contribution in [1.82, 2.24) is 0 Å². The van der Waals surface area contributed by atoms with Crippen LogP contribution in [0.5, 0.6) is 0 Å². The quantitative estimate of drug-likeness (QED) is 0.749. The molecule has 0 aliphatic rings. The second-order valence-corrected chi connectivity index (χ2v) is 4.60. The molecule has 3 heteroatoms. The molecule has 0 saturated heterocycles. The largest absolute Gasteiger partial charge is 0.192 e. The van der Waals surface area contributed by atoms with E-state index in [1.54, 1.807) is 0 Å². The van der Waals surface area contributed by atoms with E-state index < -0.39 is 0 Å². The van der Waals surface area contributed by atoms with Gasteiger partial charge in [0.15, 0.2) is 0 Å². The zero-order valence-corrected chi connectivity index (χ0v) is 11.0. The lowest BCUT2D eigenvalue weighted by molar-refractivity contribution is 1.41. The lowest BCUT2D eigenvalue weighted by atomic mass is 9.97. The van der Waals surface area contributed by atoms with Crippen LogP contribution in [0.1, 0.15) is 11.1 Å². The van der Waals surface area contributed by atoms with Crippen LogP contribution in [0.3, 0.4) is 0 Å². The Kier molecular flexibility index (Phi) is 3.41. The second kappa shape index (κ2) is 4.99. The third kappa shape index (κ3) is 2.15. The molecule has 0 unspecified atom stereocenters. The molecule has 0 aliphatic heterocycles. The van der Waals surface area contributed by atoms with Gasteiger partial charge in [-0.15, -0.1) is 0 Å². The fourth-order valence-corrected chi connectivity index (χ4v) is 2.23. The molecule has 0 heterocycles. The van der Waals surface area contributed by atoms with Crippen molar-refractivity contribution >= 4 is 22.6 Å². The lowest BCUT2D eigenvalue weighted by Gasteiger charge is -2.06. The van der Waals surface area contributed by atoms with Crippen molar-refractivity contribution in [2.75, 3.05) is 0 Å². The van der Waals surface area contributed by atoms with Gasteiger partial charge < -0.3 is 0 Å². The van der Waals surface area contributed by atoms with Crippen molar-refractivity contribution < 1.29 is 0 Å². The summed E-state index contributed by atoms with van der Waals surface area (Å²) in [5.41, 5.74) is 2.67. The molecule has 2 aromatic carbocycles. The summed E-state index contributed by atoms with van der Waals surface area (Å²) in [5.74, 6) is 0. The molecule has 2 rings (SSSR count). The molecule has 80 valence electrons. The van der Waals surface area contributed by atoms with E-state index in [2.05, 4.69) is 34.7 Å². The molecule has 0 amide bonds. The molecule has 2 aromatic rings. The minimum atomic E-state index is 0.450. The minimum Gasteiger partial charge on any atom is -0.192 e. The fourth-order valence-electron chi connectivity index (χ4n) is 1.66. The Hall–Kier alpha value is -1.85. The van der Waals surface area contributed by atoms with Gasteiger partial charge >= 0.3 is 0 Å². The maximum Gasteiger partial charge on any atom is 0.102 e. The first-order valence-corrected chi connectivity index (χ1v) is 6.04. The molecule has 0 aromatic heterocycles. The third-order valence-electron chi connectivity index (χ3n) is 2.46. The van der Waals surface area contributed by atoms with Gasteiger partial charge in [0, 0.05) is 9.13 Å². The van der Waals surface area contributed by atoms with Gasteiger partial charge in [-0.2, -0.15) is 10.5 Å². The molecular weight excluding hydrogens is 323 g/mol. The Bertz CT molecular complexity index is 634. The Morgan fingerprint density at radius 3 is 2.06 bits per heavy atom. The average Bonchev–Trinajstić information content (AvgIpc) is 2.39. The molecule has 0 atom stereocenters. The number of rotatable bonds is 1. The van der Waals surface area contributed by atoms with Crippen LogP contribution in [0.25, 0.3) is 11.1 Å². The first-order valence-electron chi connectivity index (χ1n) is 4.96. The smallest absolute Gasteiger partial charge is 0.102 e. The first-order chi connectivity index (χ1) is 8.27. The number of benzene rings is 2. The van der Waals surface area contributed by atoms with Crippen molar-refractivity contribution in [3.63, 3.8) is 0 Å². The molecule has 0 fully saturated rings. The van der Waals surface area contributed by atoms with E-state index in [9.17, 15) is 5.26 Å². The summed E-state index contributed by atoms with van der Waals surface area (Å²) in [6.07, 6.45) is 0. The molecule has 0 bridgehead atoms. The van der Waals surface area contributed by atoms with E-state index >= 15 is 0 Å². The van der Waals surface area contributed by atoms with Crippen LogP contribution >= 0.6 is 22.6 Å². The minimum absolute atomic E-state index is 0.450. The molecule has 0 saturated carbocycles. The summed E-state index contributed by atoms with van der Waals surface area (Å²) in [6.45, 7) is 0. The van der Waals surface area contributed by atoms with Crippen LogP contribution in [0, 0.1) is 26.2 Å². The molecular formula is C14H7IN2.